The zero-order valence-electron chi connectivity index (χ0n) is 8.14. The van der Waals surface area contributed by atoms with E-state index in [2.05, 4.69) is 10.2 Å². The van der Waals surface area contributed by atoms with Crippen LogP contribution in [0.4, 0.5) is 0 Å². The summed E-state index contributed by atoms with van der Waals surface area (Å²) in [6, 6.07) is 0. The van der Waals surface area contributed by atoms with E-state index in [-0.39, 0.29) is 16.9 Å². The van der Waals surface area contributed by atoms with Crippen LogP contribution in [-0.4, -0.2) is 31.1 Å². The van der Waals surface area contributed by atoms with Crippen molar-refractivity contribution in [3.8, 4) is 0 Å². The maximum Gasteiger partial charge on any atom is 0.343 e. The predicted octanol–water partition coefficient (Wildman–Crippen LogP) is 0.0637. The molecule has 0 radical (unpaired) electrons. The number of carboxylic acids is 1. The second kappa shape index (κ2) is 3.73. The van der Waals surface area contributed by atoms with Gasteiger partial charge in [-0.2, -0.15) is 0 Å². The first-order valence-corrected chi connectivity index (χ1v) is 5.48. The van der Waals surface area contributed by atoms with Crippen LogP contribution in [-0.2, 0) is 11.8 Å². The van der Waals surface area contributed by atoms with Crippen LogP contribution in [0.2, 0.25) is 0 Å². The summed E-state index contributed by atoms with van der Waals surface area (Å²) in [4.78, 5) is 21.8. The zero-order valence-corrected chi connectivity index (χ0v) is 8.95. The monoisotopic (exact) mass is 229 g/mol. The predicted molar refractivity (Wildman–Crippen MR) is 53.8 cm³/mol. The third-order valence-corrected chi connectivity index (χ3v) is 4.07. The summed E-state index contributed by atoms with van der Waals surface area (Å²) in [7, 11) is 1.61. The number of carboxylic acid groups (broad SMARTS) is 1. The van der Waals surface area contributed by atoms with Crippen LogP contribution >= 0.6 is 11.8 Å². The molecule has 2 N–H and O–H groups in total. The van der Waals surface area contributed by atoms with Gasteiger partial charge < -0.3 is 5.11 Å². The summed E-state index contributed by atoms with van der Waals surface area (Å²) < 4.78 is 1.39. The number of carbonyl (C=O) groups is 1. The Morgan fingerprint density at radius 3 is 2.80 bits per heavy atom. The Morgan fingerprint density at radius 2 is 2.40 bits per heavy atom. The van der Waals surface area contributed by atoms with E-state index in [4.69, 9.17) is 5.11 Å². The average molecular weight is 229 g/mol. The topological polar surface area (TPSA) is 88.0 Å². The fraction of sp³-hybridized carbons (Fsp3) is 0.625. The minimum Gasteiger partial charge on any atom is -0.481 e. The van der Waals surface area contributed by atoms with E-state index >= 15 is 0 Å². The summed E-state index contributed by atoms with van der Waals surface area (Å²) in [5.74, 6) is -1.07. The molecule has 6 nitrogen and oxygen atoms in total. The summed E-state index contributed by atoms with van der Waals surface area (Å²) in [5, 5.41) is 15.6. The van der Waals surface area contributed by atoms with Gasteiger partial charge in [-0.3, -0.25) is 9.36 Å². The number of nitrogens with one attached hydrogen (secondary N) is 1. The van der Waals surface area contributed by atoms with Crippen molar-refractivity contribution in [1.82, 2.24) is 14.8 Å². The van der Waals surface area contributed by atoms with Gasteiger partial charge in [0.25, 0.3) is 0 Å². The Bertz CT molecular complexity index is 439. The molecule has 0 aromatic carbocycles. The molecule has 1 saturated carbocycles. The van der Waals surface area contributed by atoms with Gasteiger partial charge in [0.2, 0.25) is 0 Å². The summed E-state index contributed by atoms with van der Waals surface area (Å²) in [6.07, 6.45) is 1.58. The Balaban J connectivity index is 2.07. The molecule has 82 valence electrons. The van der Waals surface area contributed by atoms with Gasteiger partial charge in [0, 0.05) is 12.3 Å². The lowest BCUT2D eigenvalue weighted by Crippen LogP contribution is -2.35. The van der Waals surface area contributed by atoms with Crippen molar-refractivity contribution in [2.45, 2.75) is 23.2 Å². The number of hydrogen-bond acceptors (Lipinski definition) is 4. The minimum atomic E-state index is -0.765. The highest BCUT2D eigenvalue weighted by molar-refractivity contribution is 7.99. The van der Waals surface area contributed by atoms with Crippen LogP contribution in [0.25, 0.3) is 0 Å². The summed E-state index contributed by atoms with van der Waals surface area (Å²) in [5.41, 5.74) is -0.274. The fourth-order valence-electron chi connectivity index (χ4n) is 1.47. The molecule has 1 aromatic rings. The van der Waals surface area contributed by atoms with E-state index in [0.717, 1.165) is 6.42 Å². The van der Waals surface area contributed by atoms with E-state index in [1.165, 1.54) is 16.3 Å². The van der Waals surface area contributed by atoms with Crippen LogP contribution in [0.1, 0.15) is 12.8 Å². The van der Waals surface area contributed by atoms with E-state index in [0.29, 0.717) is 11.6 Å². The van der Waals surface area contributed by atoms with Crippen molar-refractivity contribution in [1.29, 1.82) is 0 Å². The van der Waals surface area contributed by atoms with Crippen LogP contribution < -0.4 is 5.69 Å². The normalized spacial score (nSPS) is 24.9. The minimum absolute atomic E-state index is 0.0383. The second-order valence-electron chi connectivity index (χ2n) is 3.55. The van der Waals surface area contributed by atoms with Gasteiger partial charge in [-0.25, -0.2) is 9.89 Å². The Labute approximate surface area is 89.7 Å². The van der Waals surface area contributed by atoms with E-state index in [1.54, 1.807) is 7.05 Å². The number of hydrogen-bond donors (Lipinski definition) is 2. The largest absolute Gasteiger partial charge is 0.481 e. The van der Waals surface area contributed by atoms with Crippen molar-refractivity contribution >= 4 is 17.7 Å². The lowest BCUT2D eigenvalue weighted by molar-refractivity contribution is -0.144. The summed E-state index contributed by atoms with van der Waals surface area (Å²) in [6.45, 7) is 0. The molecule has 0 saturated heterocycles. The molecule has 1 aromatic heterocycles. The van der Waals surface area contributed by atoms with Gasteiger partial charge in [0.1, 0.15) is 0 Å². The Morgan fingerprint density at radius 1 is 1.67 bits per heavy atom. The number of thioether (sulfide) groups is 1. The number of aromatic nitrogens is 3. The number of aliphatic carboxylic acids is 1. The molecule has 1 heterocycles. The van der Waals surface area contributed by atoms with Crippen molar-refractivity contribution in [3.63, 3.8) is 0 Å². The maximum atomic E-state index is 11.1. The molecule has 1 fully saturated rings. The van der Waals surface area contributed by atoms with Crippen LogP contribution in [0.5, 0.6) is 0 Å². The van der Waals surface area contributed by atoms with Crippen molar-refractivity contribution in [2.75, 3.05) is 0 Å². The lowest BCUT2D eigenvalue weighted by Gasteiger charge is -2.31. The number of H-pyrrole nitrogens is 1. The molecule has 0 bridgehead atoms. The quantitative estimate of drug-likeness (QED) is 0.765. The Kier molecular flexibility index (Phi) is 2.56. The first-order chi connectivity index (χ1) is 7.09. The molecule has 7 heteroatoms. The van der Waals surface area contributed by atoms with Gasteiger partial charge >= 0.3 is 11.7 Å². The van der Waals surface area contributed by atoms with Crippen LogP contribution in [0.15, 0.2) is 9.95 Å². The third kappa shape index (κ3) is 1.79. The Hall–Kier alpha value is -1.24. The smallest absolute Gasteiger partial charge is 0.343 e. The molecule has 2 rings (SSSR count). The molecule has 0 spiro atoms. The highest BCUT2D eigenvalue weighted by Gasteiger charge is 2.38. The fourth-order valence-corrected chi connectivity index (χ4v) is 2.75. The highest BCUT2D eigenvalue weighted by Crippen LogP contribution is 2.40. The molecule has 2 atom stereocenters. The number of rotatable bonds is 3. The van der Waals surface area contributed by atoms with Crippen molar-refractivity contribution < 1.29 is 9.90 Å². The molecule has 0 amide bonds. The SMILES string of the molecule is Cn1c(SC2CCC2C(=O)O)n[nH]c1=O. The maximum absolute atomic E-state index is 11.1. The van der Waals surface area contributed by atoms with E-state index in [9.17, 15) is 9.59 Å². The van der Waals surface area contributed by atoms with E-state index < -0.39 is 5.97 Å². The van der Waals surface area contributed by atoms with Gasteiger partial charge in [-0.15, -0.1) is 5.10 Å². The van der Waals surface area contributed by atoms with Gasteiger partial charge in [0.05, 0.1) is 5.92 Å². The molecular weight excluding hydrogens is 218 g/mol. The average Bonchev–Trinajstić information content (AvgIpc) is 2.42. The van der Waals surface area contributed by atoms with Crippen LogP contribution in [0.3, 0.4) is 0 Å². The molecular formula is C8H11N3O3S. The van der Waals surface area contributed by atoms with E-state index in [1.807, 2.05) is 0 Å². The highest BCUT2D eigenvalue weighted by atomic mass is 32.2. The molecule has 1 aliphatic carbocycles. The summed E-state index contributed by atoms with van der Waals surface area (Å²) >= 11 is 1.35. The van der Waals surface area contributed by atoms with Gasteiger partial charge in [0.15, 0.2) is 5.16 Å². The van der Waals surface area contributed by atoms with Crippen LogP contribution in [0, 0.1) is 5.92 Å². The lowest BCUT2D eigenvalue weighted by atomic mass is 9.85. The second-order valence-corrected chi connectivity index (χ2v) is 4.76. The third-order valence-electron chi connectivity index (χ3n) is 2.62. The molecule has 1 aliphatic rings. The van der Waals surface area contributed by atoms with Gasteiger partial charge in [-0.05, 0) is 12.8 Å². The zero-order chi connectivity index (χ0) is 11.0. The molecule has 15 heavy (non-hydrogen) atoms. The van der Waals surface area contributed by atoms with Crippen molar-refractivity contribution in [3.05, 3.63) is 10.5 Å². The number of aromatic amines is 1. The first kappa shape index (κ1) is 10.3. The van der Waals surface area contributed by atoms with Crippen molar-refractivity contribution in [2.24, 2.45) is 13.0 Å². The van der Waals surface area contributed by atoms with Gasteiger partial charge in [-0.1, -0.05) is 11.8 Å². The number of nitrogens with zero attached hydrogens (tertiary/aromatic N) is 2. The molecule has 0 aliphatic heterocycles. The first-order valence-electron chi connectivity index (χ1n) is 4.60. The molecule has 2 unspecified atom stereocenters. The standard InChI is InChI=1S/C8H11N3O3S/c1-11-7(14)9-10-8(11)15-5-3-2-4(5)6(12)13/h4-5H,2-3H2,1H3,(H,9,14)(H,12,13).